The maximum absolute atomic E-state index is 13.0. The van der Waals surface area contributed by atoms with Crippen LogP contribution in [0.25, 0.3) is 11.0 Å². The lowest BCUT2D eigenvalue weighted by molar-refractivity contribution is 0.0675. The highest BCUT2D eigenvalue weighted by molar-refractivity contribution is 5.99. The van der Waals surface area contributed by atoms with Gasteiger partial charge in [-0.05, 0) is 38.3 Å². The summed E-state index contributed by atoms with van der Waals surface area (Å²) in [6.45, 7) is 5.50. The van der Waals surface area contributed by atoms with Crippen LogP contribution in [-0.4, -0.2) is 34.1 Å². The van der Waals surface area contributed by atoms with Gasteiger partial charge in [0.1, 0.15) is 5.58 Å². The number of amides is 1. The first kappa shape index (κ1) is 15.0. The molecule has 0 aliphatic carbocycles. The van der Waals surface area contributed by atoms with E-state index in [4.69, 9.17) is 4.42 Å². The van der Waals surface area contributed by atoms with Gasteiger partial charge in [0.25, 0.3) is 5.91 Å². The number of nitrogens with one attached hydrogen (secondary N) is 1. The molecule has 2 aromatic heterocycles. The summed E-state index contributed by atoms with van der Waals surface area (Å²) in [5, 5.41) is 8.23. The summed E-state index contributed by atoms with van der Waals surface area (Å²) < 4.78 is 5.85. The maximum atomic E-state index is 13.0. The van der Waals surface area contributed by atoms with E-state index in [9.17, 15) is 4.79 Å². The third-order valence-corrected chi connectivity index (χ3v) is 5.02. The van der Waals surface area contributed by atoms with Gasteiger partial charge in [0.05, 0.1) is 6.20 Å². The molecule has 1 aromatic carbocycles. The third-order valence-electron chi connectivity index (χ3n) is 5.02. The lowest BCUT2D eigenvalue weighted by atomic mass is 9.92. The monoisotopic (exact) mass is 323 g/mol. The van der Waals surface area contributed by atoms with Crippen molar-refractivity contribution < 1.29 is 9.21 Å². The van der Waals surface area contributed by atoms with Crippen molar-refractivity contribution in [1.82, 2.24) is 15.1 Å². The van der Waals surface area contributed by atoms with Crippen LogP contribution in [0.1, 0.15) is 46.1 Å². The fraction of sp³-hybridized carbons (Fsp3) is 0.368. The lowest BCUT2D eigenvalue weighted by Crippen LogP contribution is -2.39. The molecule has 0 saturated carbocycles. The van der Waals surface area contributed by atoms with Crippen LogP contribution in [0.15, 0.2) is 34.9 Å². The molecule has 3 heterocycles. The SMILES string of the molecule is Cc1cn[nH]c1C1CCCN(C(=O)c2oc3ccccc3c2C)C1. The summed E-state index contributed by atoms with van der Waals surface area (Å²) in [6, 6.07) is 7.80. The number of furan rings is 1. The number of likely N-dealkylation sites (tertiary alicyclic amines) is 1. The number of fused-ring (bicyclic) bond motifs is 1. The molecule has 1 unspecified atom stereocenters. The molecule has 1 N–H and O–H groups in total. The Bertz CT molecular complexity index is 893. The van der Waals surface area contributed by atoms with Crippen molar-refractivity contribution in [2.24, 2.45) is 0 Å². The second-order valence-corrected chi connectivity index (χ2v) is 6.61. The summed E-state index contributed by atoms with van der Waals surface area (Å²) in [4.78, 5) is 14.9. The van der Waals surface area contributed by atoms with Gasteiger partial charge in [-0.25, -0.2) is 0 Å². The molecule has 1 fully saturated rings. The number of carbonyl (C=O) groups excluding carboxylic acids is 1. The minimum absolute atomic E-state index is 0.00873. The number of rotatable bonds is 2. The number of H-pyrrole nitrogens is 1. The van der Waals surface area contributed by atoms with Crippen LogP contribution >= 0.6 is 0 Å². The zero-order chi connectivity index (χ0) is 16.7. The highest BCUT2D eigenvalue weighted by Gasteiger charge is 2.30. The van der Waals surface area contributed by atoms with E-state index < -0.39 is 0 Å². The van der Waals surface area contributed by atoms with Crippen molar-refractivity contribution in [3.05, 3.63) is 53.0 Å². The van der Waals surface area contributed by atoms with Crippen LogP contribution in [0.5, 0.6) is 0 Å². The van der Waals surface area contributed by atoms with Gasteiger partial charge in [0, 0.05) is 35.7 Å². The predicted molar refractivity (Wildman–Crippen MR) is 92.2 cm³/mol. The number of hydrogen-bond acceptors (Lipinski definition) is 3. The van der Waals surface area contributed by atoms with Crippen LogP contribution in [0.4, 0.5) is 0 Å². The summed E-state index contributed by atoms with van der Waals surface area (Å²) in [7, 11) is 0. The maximum Gasteiger partial charge on any atom is 0.289 e. The first-order valence-electron chi connectivity index (χ1n) is 8.42. The van der Waals surface area contributed by atoms with E-state index in [1.54, 1.807) is 0 Å². The van der Waals surface area contributed by atoms with Crippen LogP contribution in [0.2, 0.25) is 0 Å². The largest absolute Gasteiger partial charge is 0.451 e. The Hall–Kier alpha value is -2.56. The summed E-state index contributed by atoms with van der Waals surface area (Å²) in [5.74, 6) is 0.777. The fourth-order valence-electron chi connectivity index (χ4n) is 3.69. The number of aryl methyl sites for hydroxylation is 2. The molecule has 1 aliphatic rings. The van der Waals surface area contributed by atoms with Crippen molar-refractivity contribution in [2.75, 3.05) is 13.1 Å². The van der Waals surface area contributed by atoms with Crippen molar-refractivity contribution >= 4 is 16.9 Å². The van der Waals surface area contributed by atoms with Gasteiger partial charge >= 0.3 is 0 Å². The summed E-state index contributed by atoms with van der Waals surface area (Å²) in [5.41, 5.74) is 4.01. The number of benzene rings is 1. The smallest absolute Gasteiger partial charge is 0.289 e. The minimum atomic E-state index is -0.00873. The molecule has 1 amide bonds. The normalized spacial score (nSPS) is 18.2. The summed E-state index contributed by atoms with van der Waals surface area (Å²) >= 11 is 0. The first-order valence-corrected chi connectivity index (χ1v) is 8.42. The minimum Gasteiger partial charge on any atom is -0.451 e. The third kappa shape index (κ3) is 2.40. The van der Waals surface area contributed by atoms with Crippen molar-refractivity contribution in [3.8, 4) is 0 Å². The van der Waals surface area contributed by atoms with Gasteiger partial charge < -0.3 is 9.32 Å². The van der Waals surface area contributed by atoms with Crippen LogP contribution in [0, 0.1) is 13.8 Å². The van der Waals surface area contributed by atoms with E-state index in [1.165, 1.54) is 0 Å². The average molecular weight is 323 g/mol. The number of nitrogens with zero attached hydrogens (tertiary/aromatic N) is 2. The van der Waals surface area contributed by atoms with Crippen LogP contribution in [0.3, 0.4) is 0 Å². The fourth-order valence-corrected chi connectivity index (χ4v) is 3.69. The molecular weight excluding hydrogens is 302 g/mol. The van der Waals surface area contributed by atoms with Crippen molar-refractivity contribution in [3.63, 3.8) is 0 Å². The van der Waals surface area contributed by atoms with Crippen LogP contribution in [-0.2, 0) is 0 Å². The van der Waals surface area contributed by atoms with E-state index in [2.05, 4.69) is 17.1 Å². The predicted octanol–water partition coefficient (Wildman–Crippen LogP) is 3.79. The topological polar surface area (TPSA) is 62.1 Å². The van der Waals surface area contributed by atoms with E-state index in [-0.39, 0.29) is 5.91 Å². The van der Waals surface area contributed by atoms with Gasteiger partial charge in [0.2, 0.25) is 0 Å². The number of para-hydroxylation sites is 1. The summed E-state index contributed by atoms with van der Waals surface area (Å²) in [6.07, 6.45) is 3.92. The molecule has 1 aliphatic heterocycles. The number of aromatic nitrogens is 2. The Morgan fingerprint density at radius 2 is 2.17 bits per heavy atom. The molecular formula is C19H21N3O2. The van der Waals surface area contributed by atoms with Gasteiger partial charge in [-0.1, -0.05) is 18.2 Å². The molecule has 24 heavy (non-hydrogen) atoms. The number of carbonyl (C=O) groups is 1. The number of piperidine rings is 1. The lowest BCUT2D eigenvalue weighted by Gasteiger charge is -2.32. The Balaban J connectivity index is 1.61. The standard InChI is InChI=1S/C19H21N3O2/c1-12-10-20-21-17(12)14-6-5-9-22(11-14)19(23)18-13(2)15-7-3-4-8-16(15)24-18/h3-4,7-8,10,14H,5-6,9,11H2,1-2H3,(H,20,21). The molecule has 5 nitrogen and oxygen atoms in total. The number of aromatic amines is 1. The molecule has 0 bridgehead atoms. The van der Waals surface area contributed by atoms with Crippen molar-refractivity contribution in [1.29, 1.82) is 0 Å². The first-order chi connectivity index (χ1) is 11.6. The van der Waals surface area contributed by atoms with Gasteiger partial charge in [-0.15, -0.1) is 0 Å². The van der Waals surface area contributed by atoms with E-state index in [0.717, 1.165) is 47.2 Å². The van der Waals surface area contributed by atoms with Gasteiger partial charge in [-0.3, -0.25) is 9.89 Å². The molecule has 1 atom stereocenters. The zero-order valence-electron chi connectivity index (χ0n) is 14.0. The molecule has 5 heteroatoms. The molecule has 4 rings (SSSR count). The molecule has 3 aromatic rings. The average Bonchev–Trinajstić information content (AvgIpc) is 3.18. The zero-order valence-corrected chi connectivity index (χ0v) is 14.0. The highest BCUT2D eigenvalue weighted by atomic mass is 16.3. The van der Waals surface area contributed by atoms with Gasteiger partial charge in [0.15, 0.2) is 5.76 Å². The Morgan fingerprint density at radius 1 is 1.33 bits per heavy atom. The molecule has 0 radical (unpaired) electrons. The van der Waals surface area contributed by atoms with E-state index in [0.29, 0.717) is 18.2 Å². The second kappa shape index (κ2) is 5.82. The molecule has 124 valence electrons. The van der Waals surface area contributed by atoms with E-state index >= 15 is 0 Å². The van der Waals surface area contributed by atoms with E-state index in [1.807, 2.05) is 42.3 Å². The Labute approximate surface area is 140 Å². The van der Waals surface area contributed by atoms with Gasteiger partial charge in [-0.2, -0.15) is 5.10 Å². The quantitative estimate of drug-likeness (QED) is 0.780. The molecule has 0 spiro atoms. The van der Waals surface area contributed by atoms with Crippen LogP contribution < -0.4 is 0 Å². The highest BCUT2D eigenvalue weighted by Crippen LogP contribution is 2.30. The Kier molecular flexibility index (Phi) is 3.63. The second-order valence-electron chi connectivity index (χ2n) is 6.61. The number of hydrogen-bond donors (Lipinski definition) is 1. The molecule has 1 saturated heterocycles. The van der Waals surface area contributed by atoms with Crippen molar-refractivity contribution in [2.45, 2.75) is 32.6 Å². The Morgan fingerprint density at radius 3 is 2.92 bits per heavy atom.